The molecule has 0 saturated heterocycles. The lowest BCUT2D eigenvalue weighted by atomic mass is 9.78. The van der Waals surface area contributed by atoms with Gasteiger partial charge in [-0.1, -0.05) is 23.5 Å². The van der Waals surface area contributed by atoms with Crippen LogP contribution < -0.4 is 15.9 Å². The smallest absolute Gasteiger partial charge is 0.508 e. The topological polar surface area (TPSA) is 120 Å². The molecule has 0 unspecified atom stereocenters. The molecule has 0 fully saturated rings. The van der Waals surface area contributed by atoms with Gasteiger partial charge in [-0.05, 0) is 42.2 Å². The van der Waals surface area contributed by atoms with Crippen molar-refractivity contribution in [2.75, 3.05) is 5.73 Å². The molecule has 0 aliphatic rings. The molecule has 0 aliphatic carbocycles. The van der Waals surface area contributed by atoms with E-state index in [1.807, 2.05) is 25.1 Å². The minimum atomic E-state index is -1.39. The second-order valence-electron chi connectivity index (χ2n) is 6.17. The summed E-state index contributed by atoms with van der Waals surface area (Å²) in [5.41, 5.74) is 8.96. The number of hydrogen-bond donors (Lipinski definition) is 2. The molecular weight excluding hydrogens is 391 g/mol. The van der Waals surface area contributed by atoms with Crippen LogP contribution in [0.3, 0.4) is 0 Å². The van der Waals surface area contributed by atoms with Crippen LogP contribution in [0.4, 0.5) is 5.69 Å². The lowest BCUT2D eigenvalue weighted by Gasteiger charge is -2.13. The first-order chi connectivity index (χ1) is 14.0. The summed E-state index contributed by atoms with van der Waals surface area (Å²) in [5.74, 6) is 0.548. The molecule has 0 atom stereocenters. The van der Waals surface area contributed by atoms with E-state index in [1.165, 1.54) is 17.5 Å². The van der Waals surface area contributed by atoms with Gasteiger partial charge in [-0.2, -0.15) is 10.2 Å². The molecule has 144 valence electrons. The predicted molar refractivity (Wildman–Crippen MR) is 111 cm³/mol. The van der Waals surface area contributed by atoms with Crippen LogP contribution in [-0.4, -0.2) is 33.8 Å². The van der Waals surface area contributed by atoms with E-state index in [-0.39, 0.29) is 6.47 Å². The van der Waals surface area contributed by atoms with E-state index in [2.05, 4.69) is 19.8 Å². The van der Waals surface area contributed by atoms with Gasteiger partial charge >= 0.3 is 7.12 Å². The molecule has 29 heavy (non-hydrogen) atoms. The van der Waals surface area contributed by atoms with Crippen molar-refractivity contribution in [2.24, 2.45) is 0 Å². The third-order valence-electron chi connectivity index (χ3n) is 4.27. The number of aryl methyl sites for hydroxylation is 1. The van der Waals surface area contributed by atoms with Crippen molar-refractivity contribution < 1.29 is 19.2 Å². The molecular formula is C19H15BN4O4S. The second kappa shape index (κ2) is 7.86. The number of nitrogen functional groups attached to an aromatic ring is 1. The lowest BCUT2D eigenvalue weighted by molar-refractivity contribution is -0.121. The van der Waals surface area contributed by atoms with Gasteiger partial charge in [0.15, 0.2) is 0 Å². The van der Waals surface area contributed by atoms with Crippen LogP contribution in [0.25, 0.3) is 22.0 Å². The van der Waals surface area contributed by atoms with E-state index < -0.39 is 7.12 Å². The van der Waals surface area contributed by atoms with Gasteiger partial charge in [0.1, 0.15) is 5.75 Å². The number of rotatable bonds is 6. The van der Waals surface area contributed by atoms with Crippen molar-refractivity contribution in [3.05, 3.63) is 53.8 Å². The summed E-state index contributed by atoms with van der Waals surface area (Å²) in [6.07, 6.45) is 3.14. The Balaban J connectivity index is 1.83. The van der Waals surface area contributed by atoms with Crippen LogP contribution in [0, 0.1) is 6.92 Å². The molecule has 4 aromatic rings. The number of nitrogens with zero attached hydrogens (tertiary/aromatic N) is 3. The summed E-state index contributed by atoms with van der Waals surface area (Å²) < 4.78 is 10.7. The molecule has 4 rings (SSSR count). The molecule has 2 aromatic heterocycles. The maximum Gasteiger partial charge on any atom is 0.561 e. The monoisotopic (exact) mass is 406 g/mol. The number of carbonyl (C=O) groups excluding carboxylic acids is 1. The Hall–Kier alpha value is -3.50. The fourth-order valence-electron chi connectivity index (χ4n) is 2.89. The summed E-state index contributed by atoms with van der Waals surface area (Å²) in [6, 6.07) is 10.6. The molecule has 0 amide bonds. The standard InChI is InChI=1S/C19H15BN4O4S/c1-11-22-9-19(29-11)28-18-5-3-13(20(26)27-10-25)7-15(18)12-2-4-14-16(21)8-23-24-17(14)6-12/h2-10,26H,1H3,(H2,21,24). The van der Waals surface area contributed by atoms with Crippen molar-refractivity contribution in [1.29, 1.82) is 0 Å². The third kappa shape index (κ3) is 3.89. The Kier molecular flexibility index (Phi) is 5.11. The van der Waals surface area contributed by atoms with Crippen LogP contribution in [0.5, 0.6) is 10.8 Å². The Morgan fingerprint density at radius 2 is 2.07 bits per heavy atom. The first kappa shape index (κ1) is 18.8. The van der Waals surface area contributed by atoms with Gasteiger partial charge < -0.3 is 20.1 Å². The second-order valence-corrected chi connectivity index (χ2v) is 7.37. The highest BCUT2D eigenvalue weighted by atomic mass is 32.1. The Morgan fingerprint density at radius 3 is 2.83 bits per heavy atom. The summed E-state index contributed by atoms with van der Waals surface area (Å²) in [5, 5.41) is 20.4. The van der Waals surface area contributed by atoms with E-state index >= 15 is 0 Å². The summed E-state index contributed by atoms with van der Waals surface area (Å²) >= 11 is 1.42. The van der Waals surface area contributed by atoms with Crippen LogP contribution >= 0.6 is 11.3 Å². The maximum atomic E-state index is 10.6. The Labute approximate surface area is 170 Å². The SMILES string of the molecule is Cc1ncc(Oc2ccc(B(O)OC=O)cc2-c2ccc3c(N)cnnc3c2)s1. The zero-order valence-corrected chi connectivity index (χ0v) is 16.1. The van der Waals surface area contributed by atoms with E-state index in [0.29, 0.717) is 33.0 Å². The number of nitrogens with two attached hydrogens (primary N) is 1. The molecule has 0 aliphatic heterocycles. The highest BCUT2D eigenvalue weighted by Gasteiger charge is 2.21. The van der Waals surface area contributed by atoms with Crippen molar-refractivity contribution >= 4 is 47.0 Å². The minimum Gasteiger partial charge on any atom is -0.508 e. The molecule has 2 aromatic carbocycles. The normalized spacial score (nSPS) is 10.7. The lowest BCUT2D eigenvalue weighted by Crippen LogP contribution is -2.33. The van der Waals surface area contributed by atoms with Gasteiger partial charge in [0, 0.05) is 10.9 Å². The van der Waals surface area contributed by atoms with Gasteiger partial charge in [-0.15, -0.1) is 0 Å². The summed E-state index contributed by atoms with van der Waals surface area (Å²) in [4.78, 5) is 14.8. The molecule has 2 heterocycles. The molecule has 3 N–H and O–H groups in total. The van der Waals surface area contributed by atoms with Crippen LogP contribution in [0.2, 0.25) is 0 Å². The number of benzene rings is 2. The van der Waals surface area contributed by atoms with Gasteiger partial charge in [-0.3, -0.25) is 4.79 Å². The van der Waals surface area contributed by atoms with Crippen molar-refractivity contribution in [1.82, 2.24) is 15.2 Å². The van der Waals surface area contributed by atoms with Crippen molar-refractivity contribution in [2.45, 2.75) is 6.92 Å². The number of anilines is 1. The first-order valence-corrected chi connectivity index (χ1v) is 9.39. The molecule has 0 radical (unpaired) electrons. The van der Waals surface area contributed by atoms with Crippen molar-refractivity contribution in [3.8, 4) is 21.9 Å². The van der Waals surface area contributed by atoms with Crippen LogP contribution in [-0.2, 0) is 9.45 Å². The van der Waals surface area contributed by atoms with E-state index in [9.17, 15) is 9.82 Å². The maximum absolute atomic E-state index is 10.6. The number of thiazole rings is 1. The fraction of sp³-hybridized carbons (Fsp3) is 0.0526. The average Bonchev–Trinajstić information content (AvgIpc) is 3.13. The first-order valence-electron chi connectivity index (χ1n) is 8.58. The number of aromatic nitrogens is 3. The van der Waals surface area contributed by atoms with Gasteiger partial charge in [-0.25, -0.2) is 4.98 Å². The molecule has 8 nitrogen and oxygen atoms in total. The van der Waals surface area contributed by atoms with E-state index in [4.69, 9.17) is 10.5 Å². The average molecular weight is 406 g/mol. The van der Waals surface area contributed by atoms with Crippen molar-refractivity contribution in [3.63, 3.8) is 0 Å². The quantitative estimate of drug-likeness (QED) is 0.370. The van der Waals surface area contributed by atoms with E-state index in [1.54, 1.807) is 24.4 Å². The molecule has 10 heteroatoms. The minimum absolute atomic E-state index is 0.198. The Bertz CT molecular complexity index is 1200. The van der Waals surface area contributed by atoms with Gasteiger partial charge in [0.05, 0.1) is 28.6 Å². The largest absolute Gasteiger partial charge is 0.561 e. The Morgan fingerprint density at radius 1 is 1.21 bits per heavy atom. The summed E-state index contributed by atoms with van der Waals surface area (Å²) in [6.45, 7) is 2.09. The molecule has 0 saturated carbocycles. The van der Waals surface area contributed by atoms with Crippen LogP contribution in [0.15, 0.2) is 48.8 Å². The third-order valence-corrected chi connectivity index (χ3v) is 5.06. The number of carbonyl (C=O) groups is 1. The number of hydrogen-bond acceptors (Lipinski definition) is 9. The van der Waals surface area contributed by atoms with E-state index in [0.717, 1.165) is 16.0 Å². The molecule has 0 spiro atoms. The van der Waals surface area contributed by atoms with Gasteiger partial charge in [0.25, 0.3) is 6.47 Å². The van der Waals surface area contributed by atoms with Crippen LogP contribution in [0.1, 0.15) is 5.01 Å². The molecule has 0 bridgehead atoms. The summed E-state index contributed by atoms with van der Waals surface area (Å²) in [7, 11) is -1.39. The van der Waals surface area contributed by atoms with Gasteiger partial charge in [0.2, 0.25) is 5.06 Å². The highest BCUT2D eigenvalue weighted by Crippen LogP contribution is 2.36. The zero-order valence-electron chi connectivity index (χ0n) is 15.3. The number of fused-ring (bicyclic) bond motifs is 1. The highest BCUT2D eigenvalue weighted by molar-refractivity contribution is 7.13. The fourth-order valence-corrected chi connectivity index (χ4v) is 3.53. The number of ether oxygens (including phenoxy) is 1. The predicted octanol–water partition coefficient (Wildman–Crippen LogP) is 2.30. The zero-order chi connectivity index (χ0) is 20.4.